The maximum absolute atomic E-state index is 4.33. The molecule has 2 aromatic carbocycles. The molecule has 0 bridgehead atoms. The van der Waals surface area contributed by atoms with E-state index >= 15 is 0 Å². The predicted octanol–water partition coefficient (Wildman–Crippen LogP) is 3.49. The minimum absolute atomic E-state index is 0.206. The maximum Gasteiger partial charge on any atom is 0.191 e. The zero-order valence-corrected chi connectivity index (χ0v) is 14.9. The van der Waals surface area contributed by atoms with Gasteiger partial charge in [0.2, 0.25) is 0 Å². The lowest BCUT2D eigenvalue weighted by molar-refractivity contribution is 0.685. The molecule has 2 N–H and O–H groups in total. The topological polar surface area (TPSA) is 39.7 Å². The fourth-order valence-electron chi connectivity index (χ4n) is 2.92. The molecule has 1 unspecified atom stereocenters. The molecule has 4 nitrogen and oxygen atoms in total. The summed E-state index contributed by atoms with van der Waals surface area (Å²) in [5.74, 6) is 0.809. The van der Waals surface area contributed by atoms with E-state index in [1.54, 1.807) is 7.05 Å². The van der Waals surface area contributed by atoms with Crippen molar-refractivity contribution in [3.63, 3.8) is 0 Å². The summed E-state index contributed by atoms with van der Waals surface area (Å²) in [6, 6.07) is 19.3. The van der Waals surface area contributed by atoms with Gasteiger partial charge in [-0.1, -0.05) is 54.6 Å². The van der Waals surface area contributed by atoms with E-state index in [0.29, 0.717) is 0 Å². The van der Waals surface area contributed by atoms with Gasteiger partial charge < -0.3 is 15.5 Å². The summed E-state index contributed by atoms with van der Waals surface area (Å²) in [6.45, 7) is 4.90. The van der Waals surface area contributed by atoms with Crippen molar-refractivity contribution in [3.05, 3.63) is 77.9 Å². The van der Waals surface area contributed by atoms with E-state index in [2.05, 4.69) is 88.1 Å². The summed E-state index contributed by atoms with van der Waals surface area (Å²) < 4.78 is 0. The normalized spacial score (nSPS) is 15.3. The molecule has 0 amide bonds. The van der Waals surface area contributed by atoms with Crippen LogP contribution in [0.5, 0.6) is 0 Å². The molecule has 2 aromatic rings. The van der Waals surface area contributed by atoms with E-state index in [9.17, 15) is 0 Å². The summed E-state index contributed by atoms with van der Waals surface area (Å²) in [4.78, 5) is 6.67. The second-order valence-corrected chi connectivity index (χ2v) is 6.25. The molecule has 4 heteroatoms. The van der Waals surface area contributed by atoms with Crippen LogP contribution >= 0.6 is 0 Å². The zero-order valence-electron chi connectivity index (χ0n) is 14.9. The summed E-state index contributed by atoms with van der Waals surface area (Å²) in [6.07, 6.45) is 4.41. The number of benzene rings is 2. The summed E-state index contributed by atoms with van der Waals surface area (Å²) in [5.41, 5.74) is 3.76. The molecule has 1 heterocycles. The van der Waals surface area contributed by atoms with Gasteiger partial charge in [-0.3, -0.25) is 4.99 Å². The fraction of sp³-hybridized carbons (Fsp3) is 0.286. The molecule has 0 aliphatic carbocycles. The molecular weight excluding hydrogens is 308 g/mol. The molecule has 0 fully saturated rings. The van der Waals surface area contributed by atoms with Gasteiger partial charge in [-0.15, -0.1) is 0 Å². The lowest BCUT2D eigenvalue weighted by Crippen LogP contribution is -2.38. The van der Waals surface area contributed by atoms with Crippen LogP contribution in [0.4, 0.5) is 5.69 Å². The van der Waals surface area contributed by atoms with E-state index in [0.717, 1.165) is 25.6 Å². The first-order valence-corrected chi connectivity index (χ1v) is 8.77. The van der Waals surface area contributed by atoms with Crippen LogP contribution in [0, 0.1) is 0 Å². The Labute approximate surface area is 150 Å². The highest BCUT2D eigenvalue weighted by atomic mass is 15.2. The zero-order chi connectivity index (χ0) is 17.5. The Morgan fingerprint density at radius 3 is 2.36 bits per heavy atom. The molecule has 1 atom stereocenters. The largest absolute Gasteiger partial charge is 0.364 e. The van der Waals surface area contributed by atoms with Crippen LogP contribution in [-0.2, 0) is 6.54 Å². The molecule has 1 aliphatic heterocycles. The van der Waals surface area contributed by atoms with E-state index in [1.165, 1.54) is 16.8 Å². The van der Waals surface area contributed by atoms with Gasteiger partial charge >= 0.3 is 0 Å². The predicted molar refractivity (Wildman–Crippen MR) is 106 cm³/mol. The van der Waals surface area contributed by atoms with E-state index in [4.69, 9.17) is 0 Å². The van der Waals surface area contributed by atoms with E-state index in [-0.39, 0.29) is 6.04 Å². The number of aliphatic imine (C=N–C) groups is 1. The van der Waals surface area contributed by atoms with Crippen molar-refractivity contribution in [2.45, 2.75) is 19.5 Å². The van der Waals surface area contributed by atoms with Crippen molar-refractivity contribution >= 4 is 11.6 Å². The quantitative estimate of drug-likeness (QED) is 0.499. The van der Waals surface area contributed by atoms with E-state index in [1.807, 2.05) is 6.07 Å². The van der Waals surface area contributed by atoms with Gasteiger partial charge in [-0.05, 0) is 30.2 Å². The third-order valence-corrected chi connectivity index (χ3v) is 4.46. The molecule has 0 saturated heterocycles. The summed E-state index contributed by atoms with van der Waals surface area (Å²) in [5, 5.41) is 6.82. The molecule has 0 radical (unpaired) electrons. The summed E-state index contributed by atoms with van der Waals surface area (Å²) >= 11 is 0. The smallest absolute Gasteiger partial charge is 0.191 e. The van der Waals surface area contributed by atoms with Crippen LogP contribution < -0.4 is 15.5 Å². The molecule has 25 heavy (non-hydrogen) atoms. The van der Waals surface area contributed by atoms with Crippen LogP contribution in [0.2, 0.25) is 0 Å². The van der Waals surface area contributed by atoms with Gasteiger partial charge in [-0.25, -0.2) is 0 Å². The molecule has 1 aliphatic rings. The highest BCUT2D eigenvalue weighted by Gasteiger charge is 2.08. The average Bonchev–Trinajstić information content (AvgIpc) is 3.21. The Hall–Kier alpha value is -2.75. The third kappa shape index (κ3) is 4.63. The Kier molecular flexibility index (Phi) is 5.73. The van der Waals surface area contributed by atoms with Crippen LogP contribution in [0.15, 0.2) is 71.7 Å². The average molecular weight is 334 g/mol. The Balaban J connectivity index is 1.52. The molecule has 0 saturated carbocycles. The van der Waals surface area contributed by atoms with Crippen LogP contribution in [0.3, 0.4) is 0 Å². The lowest BCUT2D eigenvalue weighted by Gasteiger charge is -2.19. The van der Waals surface area contributed by atoms with Gasteiger partial charge in [-0.2, -0.15) is 0 Å². The number of hydrogen-bond donors (Lipinski definition) is 2. The molecule has 0 aromatic heterocycles. The first-order chi connectivity index (χ1) is 12.3. The number of hydrogen-bond acceptors (Lipinski definition) is 2. The van der Waals surface area contributed by atoms with Gasteiger partial charge in [0.15, 0.2) is 5.96 Å². The monoisotopic (exact) mass is 334 g/mol. The SMILES string of the molecule is CN=C(NCc1ccc(N2CC=CC2)cc1)NC(C)c1ccccc1. The van der Waals surface area contributed by atoms with Crippen LogP contribution in [0.25, 0.3) is 0 Å². The van der Waals surface area contributed by atoms with Gasteiger partial charge in [0.05, 0.1) is 6.04 Å². The third-order valence-electron chi connectivity index (χ3n) is 4.46. The van der Waals surface area contributed by atoms with Crippen molar-refractivity contribution in [2.24, 2.45) is 4.99 Å². The second kappa shape index (κ2) is 8.38. The number of nitrogens with zero attached hydrogens (tertiary/aromatic N) is 2. The van der Waals surface area contributed by atoms with Crippen molar-refractivity contribution < 1.29 is 0 Å². The van der Waals surface area contributed by atoms with Crippen molar-refractivity contribution in [2.75, 3.05) is 25.0 Å². The number of anilines is 1. The van der Waals surface area contributed by atoms with Gasteiger partial charge in [0.25, 0.3) is 0 Å². The molecule has 0 spiro atoms. The first-order valence-electron chi connectivity index (χ1n) is 8.77. The number of nitrogens with one attached hydrogen (secondary N) is 2. The molecule has 130 valence electrons. The highest BCUT2D eigenvalue weighted by molar-refractivity contribution is 5.80. The molecule has 3 rings (SSSR count). The minimum atomic E-state index is 0.206. The van der Waals surface area contributed by atoms with Crippen molar-refractivity contribution in [1.29, 1.82) is 0 Å². The maximum atomic E-state index is 4.33. The van der Waals surface area contributed by atoms with Crippen molar-refractivity contribution in [1.82, 2.24) is 10.6 Å². The van der Waals surface area contributed by atoms with Crippen molar-refractivity contribution in [3.8, 4) is 0 Å². The highest BCUT2D eigenvalue weighted by Crippen LogP contribution is 2.17. The van der Waals surface area contributed by atoms with Gasteiger partial charge in [0.1, 0.15) is 0 Å². The number of rotatable bonds is 5. The van der Waals surface area contributed by atoms with Crippen LogP contribution in [-0.4, -0.2) is 26.1 Å². The fourth-order valence-corrected chi connectivity index (χ4v) is 2.92. The lowest BCUT2D eigenvalue weighted by atomic mass is 10.1. The Morgan fingerprint density at radius 1 is 1.04 bits per heavy atom. The minimum Gasteiger partial charge on any atom is -0.364 e. The number of guanidine groups is 1. The van der Waals surface area contributed by atoms with Gasteiger partial charge in [0, 0.05) is 32.4 Å². The Morgan fingerprint density at radius 2 is 1.72 bits per heavy atom. The standard InChI is InChI=1S/C21H26N4/c1-17(19-8-4-3-5-9-19)24-21(22-2)23-16-18-10-12-20(13-11-18)25-14-6-7-15-25/h3-13,17H,14-16H2,1-2H3,(H2,22,23,24). The van der Waals surface area contributed by atoms with E-state index < -0.39 is 0 Å². The summed E-state index contributed by atoms with van der Waals surface area (Å²) in [7, 11) is 1.80. The Bertz CT molecular complexity index is 711. The molecular formula is C21H26N4. The second-order valence-electron chi connectivity index (χ2n) is 6.25. The van der Waals surface area contributed by atoms with Crippen LogP contribution in [0.1, 0.15) is 24.1 Å². The first kappa shape index (κ1) is 17.1.